The van der Waals surface area contributed by atoms with Crippen LogP contribution in [0.25, 0.3) is 0 Å². The van der Waals surface area contributed by atoms with Crippen LogP contribution in [0.1, 0.15) is 71.1 Å². The third-order valence-corrected chi connectivity index (χ3v) is 5.06. The van der Waals surface area contributed by atoms with Crippen LogP contribution in [0.2, 0.25) is 0 Å². The molecule has 3 nitrogen and oxygen atoms in total. The van der Waals surface area contributed by atoms with E-state index in [0.29, 0.717) is 12.0 Å². The van der Waals surface area contributed by atoms with Gasteiger partial charge in [0, 0.05) is 18.0 Å². The molecule has 0 bridgehead atoms. The topological polar surface area (TPSA) is 55.1 Å². The van der Waals surface area contributed by atoms with Crippen LogP contribution >= 0.6 is 0 Å². The maximum atomic E-state index is 12.3. The van der Waals surface area contributed by atoms with Crippen LogP contribution < -0.4 is 11.1 Å². The first-order valence-electron chi connectivity index (χ1n) is 8.22. The monoisotopic (exact) mass is 266 g/mol. The zero-order valence-electron chi connectivity index (χ0n) is 12.4. The first-order chi connectivity index (χ1) is 9.16. The summed E-state index contributed by atoms with van der Waals surface area (Å²) in [5.41, 5.74) is 5.98. The molecule has 2 rings (SSSR count). The normalized spacial score (nSPS) is 31.5. The summed E-state index contributed by atoms with van der Waals surface area (Å²) in [4.78, 5) is 12.3. The van der Waals surface area contributed by atoms with Gasteiger partial charge in [-0.25, -0.2) is 0 Å². The summed E-state index contributed by atoms with van der Waals surface area (Å²) in [6, 6.07) is 0.571. The minimum absolute atomic E-state index is 0.164. The van der Waals surface area contributed by atoms with E-state index in [9.17, 15) is 4.79 Å². The van der Waals surface area contributed by atoms with Gasteiger partial charge in [-0.3, -0.25) is 4.79 Å². The predicted octanol–water partition coefficient (Wildman–Crippen LogP) is 2.98. The maximum absolute atomic E-state index is 12.3. The molecule has 0 saturated heterocycles. The lowest BCUT2D eigenvalue weighted by Gasteiger charge is -2.29. The second kappa shape index (κ2) is 7.28. The van der Waals surface area contributed by atoms with Gasteiger partial charge in [0.1, 0.15) is 0 Å². The number of amides is 1. The molecule has 3 atom stereocenters. The quantitative estimate of drug-likeness (QED) is 0.772. The van der Waals surface area contributed by atoms with Gasteiger partial charge in [0.25, 0.3) is 0 Å². The molecule has 0 spiro atoms. The van der Waals surface area contributed by atoms with E-state index < -0.39 is 0 Å². The lowest BCUT2D eigenvalue weighted by Crippen LogP contribution is -2.44. The van der Waals surface area contributed by atoms with Crippen LogP contribution in [0.5, 0.6) is 0 Å². The molecule has 3 heteroatoms. The fourth-order valence-electron chi connectivity index (χ4n) is 3.74. The molecule has 0 radical (unpaired) electrons. The third kappa shape index (κ3) is 4.48. The Hall–Kier alpha value is -0.570. The Balaban J connectivity index is 1.80. The summed E-state index contributed by atoms with van der Waals surface area (Å²) in [5, 5.41) is 3.27. The fourth-order valence-corrected chi connectivity index (χ4v) is 3.74. The average molecular weight is 266 g/mol. The number of hydrogen-bond acceptors (Lipinski definition) is 2. The molecule has 2 saturated carbocycles. The van der Waals surface area contributed by atoms with E-state index >= 15 is 0 Å². The molecule has 0 aromatic heterocycles. The van der Waals surface area contributed by atoms with Gasteiger partial charge < -0.3 is 11.1 Å². The van der Waals surface area contributed by atoms with Gasteiger partial charge in [-0.15, -0.1) is 0 Å². The molecule has 0 aromatic carbocycles. The van der Waals surface area contributed by atoms with Crippen LogP contribution in [-0.2, 0) is 4.79 Å². The fraction of sp³-hybridized carbons (Fsp3) is 0.938. The molecule has 0 heterocycles. The SMILES string of the molecule is C[C@@H](NC(=O)C1CCCC(N)C1)C1CCCCCC1. The van der Waals surface area contributed by atoms with Gasteiger partial charge in [0.2, 0.25) is 5.91 Å². The largest absolute Gasteiger partial charge is 0.353 e. The molecule has 2 fully saturated rings. The average Bonchev–Trinajstić information content (AvgIpc) is 2.67. The zero-order valence-corrected chi connectivity index (χ0v) is 12.4. The molecule has 2 aliphatic carbocycles. The predicted molar refractivity (Wildman–Crippen MR) is 78.7 cm³/mol. The third-order valence-electron chi connectivity index (χ3n) is 5.06. The van der Waals surface area contributed by atoms with Crippen molar-refractivity contribution in [3.05, 3.63) is 0 Å². The molecule has 3 N–H and O–H groups in total. The van der Waals surface area contributed by atoms with E-state index in [0.717, 1.165) is 25.7 Å². The van der Waals surface area contributed by atoms with Gasteiger partial charge in [-0.05, 0) is 44.9 Å². The minimum Gasteiger partial charge on any atom is -0.353 e. The molecule has 2 aliphatic rings. The van der Waals surface area contributed by atoms with Crippen molar-refractivity contribution in [2.75, 3.05) is 0 Å². The molecule has 0 aromatic rings. The molecule has 0 aliphatic heterocycles. The maximum Gasteiger partial charge on any atom is 0.223 e. The first-order valence-corrected chi connectivity index (χ1v) is 8.22. The number of hydrogen-bond donors (Lipinski definition) is 2. The zero-order chi connectivity index (χ0) is 13.7. The standard InChI is InChI=1S/C16H30N2O/c1-12(13-7-4-2-3-5-8-13)18-16(19)14-9-6-10-15(17)11-14/h12-15H,2-11,17H2,1H3,(H,18,19)/t12-,14?,15?/m1/s1. The van der Waals surface area contributed by atoms with Crippen molar-refractivity contribution in [1.82, 2.24) is 5.32 Å². The summed E-state index contributed by atoms with van der Waals surface area (Å²) < 4.78 is 0. The number of carbonyl (C=O) groups is 1. The Labute approximate surface area is 117 Å². The van der Waals surface area contributed by atoms with Crippen molar-refractivity contribution in [2.45, 2.75) is 83.2 Å². The Kier molecular flexibility index (Phi) is 5.68. The minimum atomic E-state index is 0.164. The summed E-state index contributed by atoms with van der Waals surface area (Å²) in [7, 11) is 0. The highest BCUT2D eigenvalue weighted by molar-refractivity contribution is 5.79. The molecule has 19 heavy (non-hydrogen) atoms. The van der Waals surface area contributed by atoms with E-state index in [1.807, 2.05) is 0 Å². The lowest BCUT2D eigenvalue weighted by atomic mass is 9.85. The smallest absolute Gasteiger partial charge is 0.223 e. The van der Waals surface area contributed by atoms with Crippen molar-refractivity contribution < 1.29 is 4.79 Å². The summed E-state index contributed by atoms with van der Waals surface area (Å²) in [6.45, 7) is 2.19. The van der Waals surface area contributed by atoms with E-state index in [2.05, 4.69) is 12.2 Å². The first kappa shape index (κ1) is 14.8. The Morgan fingerprint density at radius 2 is 1.74 bits per heavy atom. The molecule has 2 unspecified atom stereocenters. The van der Waals surface area contributed by atoms with Crippen molar-refractivity contribution >= 4 is 5.91 Å². The van der Waals surface area contributed by atoms with Crippen LogP contribution in [0.4, 0.5) is 0 Å². The van der Waals surface area contributed by atoms with Crippen molar-refractivity contribution in [3.8, 4) is 0 Å². The van der Waals surface area contributed by atoms with Gasteiger partial charge in [0.15, 0.2) is 0 Å². The number of rotatable bonds is 3. The summed E-state index contributed by atoms with van der Waals surface area (Å²) in [6.07, 6.45) is 12.1. The van der Waals surface area contributed by atoms with Crippen LogP contribution in [0.15, 0.2) is 0 Å². The Morgan fingerprint density at radius 3 is 2.37 bits per heavy atom. The van der Waals surface area contributed by atoms with E-state index in [4.69, 9.17) is 5.73 Å². The Morgan fingerprint density at radius 1 is 1.05 bits per heavy atom. The van der Waals surface area contributed by atoms with E-state index in [-0.39, 0.29) is 17.9 Å². The summed E-state index contributed by atoms with van der Waals surface area (Å²) >= 11 is 0. The number of nitrogens with two attached hydrogens (primary N) is 1. The second-order valence-electron chi connectivity index (χ2n) is 6.67. The van der Waals surface area contributed by atoms with Gasteiger partial charge in [-0.2, -0.15) is 0 Å². The van der Waals surface area contributed by atoms with Gasteiger partial charge in [0.05, 0.1) is 0 Å². The number of nitrogens with one attached hydrogen (secondary N) is 1. The van der Waals surface area contributed by atoms with Gasteiger partial charge >= 0.3 is 0 Å². The molecular weight excluding hydrogens is 236 g/mol. The van der Waals surface area contributed by atoms with E-state index in [1.165, 1.54) is 38.5 Å². The molecular formula is C16H30N2O. The highest BCUT2D eigenvalue weighted by atomic mass is 16.1. The van der Waals surface area contributed by atoms with Crippen molar-refractivity contribution in [1.29, 1.82) is 0 Å². The summed E-state index contributed by atoms with van der Waals surface area (Å²) in [5.74, 6) is 1.10. The van der Waals surface area contributed by atoms with Gasteiger partial charge in [-0.1, -0.05) is 32.1 Å². The van der Waals surface area contributed by atoms with Crippen molar-refractivity contribution in [2.24, 2.45) is 17.6 Å². The van der Waals surface area contributed by atoms with Crippen LogP contribution in [-0.4, -0.2) is 18.0 Å². The number of carbonyl (C=O) groups excluding carboxylic acids is 1. The van der Waals surface area contributed by atoms with E-state index in [1.54, 1.807) is 0 Å². The molecule has 110 valence electrons. The Bertz CT molecular complexity index is 284. The van der Waals surface area contributed by atoms with Crippen LogP contribution in [0.3, 0.4) is 0 Å². The van der Waals surface area contributed by atoms with Crippen LogP contribution in [0, 0.1) is 11.8 Å². The second-order valence-corrected chi connectivity index (χ2v) is 6.67. The molecule has 1 amide bonds. The highest BCUT2D eigenvalue weighted by Gasteiger charge is 2.28. The van der Waals surface area contributed by atoms with Crippen molar-refractivity contribution in [3.63, 3.8) is 0 Å². The lowest BCUT2D eigenvalue weighted by molar-refractivity contribution is -0.127. The highest BCUT2D eigenvalue weighted by Crippen LogP contribution is 2.27.